The highest BCUT2D eigenvalue weighted by Gasteiger charge is 2.21. The van der Waals surface area contributed by atoms with Gasteiger partial charge >= 0.3 is 0 Å². The third-order valence-electron chi connectivity index (χ3n) is 3.84. The van der Waals surface area contributed by atoms with Crippen LogP contribution in [0.4, 0.5) is 0 Å². The van der Waals surface area contributed by atoms with Crippen LogP contribution in [0.1, 0.15) is 50.3 Å². The van der Waals surface area contributed by atoms with Gasteiger partial charge in [-0.05, 0) is 51.8 Å². The molecule has 2 nitrogen and oxygen atoms in total. The van der Waals surface area contributed by atoms with E-state index in [1.165, 1.54) is 35.7 Å². The maximum Gasteiger partial charge on any atom is 0.0328 e. The number of hydrogen-bond acceptors (Lipinski definition) is 3. The third kappa shape index (κ3) is 4.90. The molecule has 1 fully saturated rings. The lowest BCUT2D eigenvalue weighted by Crippen LogP contribution is -2.34. The van der Waals surface area contributed by atoms with E-state index >= 15 is 0 Å². The topological polar surface area (TPSA) is 15.3 Å². The van der Waals surface area contributed by atoms with Gasteiger partial charge in [0.1, 0.15) is 0 Å². The van der Waals surface area contributed by atoms with E-state index in [1.807, 2.05) is 11.3 Å². The summed E-state index contributed by atoms with van der Waals surface area (Å²) in [6, 6.07) is 4.59. The lowest BCUT2D eigenvalue weighted by molar-refractivity contribution is 0.318. The van der Waals surface area contributed by atoms with Crippen molar-refractivity contribution in [1.29, 1.82) is 0 Å². The molecule has 2 rings (SSSR count). The smallest absolute Gasteiger partial charge is 0.0328 e. The van der Waals surface area contributed by atoms with Crippen molar-refractivity contribution in [3.63, 3.8) is 0 Å². The molecule has 19 heavy (non-hydrogen) atoms. The van der Waals surface area contributed by atoms with E-state index in [9.17, 15) is 0 Å². The summed E-state index contributed by atoms with van der Waals surface area (Å²) in [5.74, 6) is 0.932. The molecule has 0 bridgehead atoms. The zero-order valence-electron chi connectivity index (χ0n) is 12.8. The van der Waals surface area contributed by atoms with Crippen molar-refractivity contribution in [2.75, 3.05) is 13.1 Å². The van der Waals surface area contributed by atoms with Crippen LogP contribution in [0, 0.1) is 5.92 Å². The quantitative estimate of drug-likeness (QED) is 0.881. The van der Waals surface area contributed by atoms with Crippen molar-refractivity contribution < 1.29 is 0 Å². The second kappa shape index (κ2) is 6.38. The van der Waals surface area contributed by atoms with Gasteiger partial charge in [0.05, 0.1) is 0 Å². The number of rotatable bonds is 5. The fourth-order valence-corrected chi connectivity index (χ4v) is 3.57. The Hall–Kier alpha value is -0.380. The van der Waals surface area contributed by atoms with Crippen LogP contribution >= 0.6 is 11.3 Å². The number of nitrogens with one attached hydrogen (secondary N) is 1. The summed E-state index contributed by atoms with van der Waals surface area (Å²) in [7, 11) is 0. The Morgan fingerprint density at radius 3 is 2.68 bits per heavy atom. The van der Waals surface area contributed by atoms with Gasteiger partial charge in [0.25, 0.3) is 0 Å². The standard InChI is InChI=1S/C16H28N2S/c1-5-13-8-9-18(11-13)12-15-7-6-14(19-15)10-17-16(2,3)4/h6-7,13,17H,5,8-12H2,1-4H3. The van der Waals surface area contributed by atoms with Gasteiger partial charge in [0.2, 0.25) is 0 Å². The van der Waals surface area contributed by atoms with Gasteiger partial charge in [-0.2, -0.15) is 0 Å². The Kier molecular flexibility index (Phi) is 5.04. The number of likely N-dealkylation sites (tertiary alicyclic amines) is 1. The molecule has 1 unspecified atom stereocenters. The minimum absolute atomic E-state index is 0.202. The second-order valence-corrected chi connectivity index (χ2v) is 8.02. The highest BCUT2D eigenvalue weighted by atomic mass is 32.1. The molecule has 2 heterocycles. The number of thiophene rings is 1. The van der Waals surface area contributed by atoms with Crippen LogP contribution in [0.15, 0.2) is 12.1 Å². The molecular weight excluding hydrogens is 252 g/mol. The van der Waals surface area contributed by atoms with Crippen molar-refractivity contribution in [3.8, 4) is 0 Å². The molecule has 0 aliphatic carbocycles. The van der Waals surface area contributed by atoms with Crippen molar-refractivity contribution in [2.24, 2.45) is 5.92 Å². The molecule has 1 aliphatic rings. The predicted octanol–water partition coefficient (Wildman–Crippen LogP) is 3.87. The molecule has 0 saturated carbocycles. The maximum absolute atomic E-state index is 3.56. The van der Waals surface area contributed by atoms with Crippen LogP contribution in [-0.4, -0.2) is 23.5 Å². The first kappa shape index (κ1) is 15.0. The Bertz CT molecular complexity index is 392. The van der Waals surface area contributed by atoms with Gasteiger partial charge in [0.15, 0.2) is 0 Å². The Balaban J connectivity index is 1.81. The number of nitrogens with zero attached hydrogens (tertiary/aromatic N) is 1. The van der Waals surface area contributed by atoms with E-state index in [0.717, 1.165) is 19.0 Å². The van der Waals surface area contributed by atoms with E-state index < -0.39 is 0 Å². The average Bonchev–Trinajstić information content (AvgIpc) is 2.95. The lowest BCUT2D eigenvalue weighted by Gasteiger charge is -2.19. The summed E-state index contributed by atoms with van der Waals surface area (Å²) in [5, 5.41) is 3.56. The molecule has 1 atom stereocenters. The molecule has 1 aliphatic heterocycles. The van der Waals surface area contributed by atoms with Crippen LogP contribution in [-0.2, 0) is 13.1 Å². The van der Waals surface area contributed by atoms with Crippen LogP contribution < -0.4 is 5.32 Å². The molecule has 1 aromatic rings. The van der Waals surface area contributed by atoms with E-state index in [-0.39, 0.29) is 5.54 Å². The maximum atomic E-state index is 3.56. The molecule has 0 spiro atoms. The first-order chi connectivity index (χ1) is 8.96. The molecule has 1 saturated heterocycles. The Morgan fingerprint density at radius 2 is 2.05 bits per heavy atom. The molecule has 0 amide bonds. The molecule has 108 valence electrons. The van der Waals surface area contributed by atoms with E-state index in [4.69, 9.17) is 0 Å². The van der Waals surface area contributed by atoms with E-state index in [1.54, 1.807) is 0 Å². The van der Waals surface area contributed by atoms with E-state index in [0.29, 0.717) is 0 Å². The summed E-state index contributed by atoms with van der Waals surface area (Å²) < 4.78 is 0. The minimum Gasteiger partial charge on any atom is -0.307 e. The van der Waals surface area contributed by atoms with Gasteiger partial charge in [-0.25, -0.2) is 0 Å². The minimum atomic E-state index is 0.202. The van der Waals surface area contributed by atoms with Gasteiger partial charge in [-0.1, -0.05) is 13.3 Å². The summed E-state index contributed by atoms with van der Waals surface area (Å²) >= 11 is 1.97. The predicted molar refractivity (Wildman–Crippen MR) is 84.6 cm³/mol. The largest absolute Gasteiger partial charge is 0.307 e. The van der Waals surface area contributed by atoms with Crippen LogP contribution in [0.5, 0.6) is 0 Å². The van der Waals surface area contributed by atoms with Gasteiger partial charge in [-0.15, -0.1) is 11.3 Å². The van der Waals surface area contributed by atoms with E-state index in [2.05, 4.69) is 50.0 Å². The van der Waals surface area contributed by atoms with Gasteiger partial charge < -0.3 is 5.32 Å². The number of hydrogen-bond donors (Lipinski definition) is 1. The van der Waals surface area contributed by atoms with Crippen molar-refractivity contribution in [2.45, 2.75) is 59.2 Å². The molecule has 0 radical (unpaired) electrons. The molecule has 0 aromatic carbocycles. The summed E-state index contributed by atoms with van der Waals surface area (Å²) in [6.45, 7) is 13.7. The zero-order chi connectivity index (χ0) is 13.9. The SMILES string of the molecule is CCC1CCN(Cc2ccc(CNC(C)(C)C)s2)C1. The lowest BCUT2D eigenvalue weighted by atomic mass is 10.1. The highest BCUT2D eigenvalue weighted by molar-refractivity contribution is 7.11. The fraction of sp³-hybridized carbons (Fsp3) is 0.750. The summed E-state index contributed by atoms with van der Waals surface area (Å²) in [4.78, 5) is 5.58. The van der Waals surface area contributed by atoms with Crippen molar-refractivity contribution >= 4 is 11.3 Å². The Labute approximate surface area is 122 Å². The molecule has 1 aromatic heterocycles. The van der Waals surface area contributed by atoms with Gasteiger partial charge in [-0.3, -0.25) is 4.90 Å². The molecule has 3 heteroatoms. The van der Waals surface area contributed by atoms with Crippen LogP contribution in [0.25, 0.3) is 0 Å². The van der Waals surface area contributed by atoms with Crippen LogP contribution in [0.2, 0.25) is 0 Å². The van der Waals surface area contributed by atoms with Gasteiger partial charge in [0, 0.05) is 34.9 Å². The summed E-state index contributed by atoms with van der Waals surface area (Å²) in [6.07, 6.45) is 2.72. The zero-order valence-corrected chi connectivity index (χ0v) is 13.6. The first-order valence-corrected chi connectivity index (χ1v) is 8.33. The average molecular weight is 280 g/mol. The second-order valence-electron chi connectivity index (χ2n) is 6.77. The molecule has 1 N–H and O–H groups in total. The summed E-state index contributed by atoms with van der Waals surface area (Å²) in [5.41, 5.74) is 0.202. The van der Waals surface area contributed by atoms with Crippen molar-refractivity contribution in [1.82, 2.24) is 10.2 Å². The van der Waals surface area contributed by atoms with Crippen molar-refractivity contribution in [3.05, 3.63) is 21.9 Å². The first-order valence-electron chi connectivity index (χ1n) is 7.51. The monoisotopic (exact) mass is 280 g/mol. The van der Waals surface area contributed by atoms with Crippen LogP contribution in [0.3, 0.4) is 0 Å². The fourth-order valence-electron chi connectivity index (χ4n) is 2.56. The highest BCUT2D eigenvalue weighted by Crippen LogP contribution is 2.24. The normalized spacial score (nSPS) is 21.2. The molecular formula is C16H28N2S. The Morgan fingerprint density at radius 1 is 1.32 bits per heavy atom. The third-order valence-corrected chi connectivity index (χ3v) is 4.91.